The van der Waals surface area contributed by atoms with Crippen LogP contribution in [0.3, 0.4) is 0 Å². The maximum absolute atomic E-state index is 9.81. The Morgan fingerprint density at radius 1 is 1.27 bits per heavy atom. The highest BCUT2D eigenvalue weighted by atomic mass is 16.5. The molecule has 0 aromatic heterocycles. The molecule has 0 aliphatic carbocycles. The highest BCUT2D eigenvalue weighted by Crippen LogP contribution is 2.19. The van der Waals surface area contributed by atoms with E-state index in [0.29, 0.717) is 6.42 Å². The lowest BCUT2D eigenvalue weighted by Gasteiger charge is -2.18. The second-order valence-corrected chi connectivity index (χ2v) is 3.52. The first-order valence-electron chi connectivity index (χ1n) is 5.01. The van der Waals surface area contributed by atoms with E-state index >= 15 is 0 Å². The molecular formula is C12H18O3. The third kappa shape index (κ3) is 3.22. The first kappa shape index (κ1) is 12.0. The molecule has 3 heteroatoms. The van der Waals surface area contributed by atoms with E-state index in [0.717, 1.165) is 11.3 Å². The van der Waals surface area contributed by atoms with Crippen molar-refractivity contribution in [1.29, 1.82) is 0 Å². The van der Waals surface area contributed by atoms with E-state index in [9.17, 15) is 5.11 Å². The third-order valence-corrected chi connectivity index (χ3v) is 2.54. The van der Waals surface area contributed by atoms with Crippen LogP contribution < -0.4 is 4.74 Å². The van der Waals surface area contributed by atoms with Crippen molar-refractivity contribution in [2.45, 2.75) is 25.6 Å². The molecule has 1 aromatic carbocycles. The second-order valence-electron chi connectivity index (χ2n) is 3.52. The zero-order chi connectivity index (χ0) is 11.3. The van der Waals surface area contributed by atoms with Crippen molar-refractivity contribution in [2.24, 2.45) is 0 Å². The highest BCUT2D eigenvalue weighted by Gasteiger charge is 2.15. The largest absolute Gasteiger partial charge is 0.496 e. The van der Waals surface area contributed by atoms with E-state index in [1.807, 2.05) is 31.2 Å². The van der Waals surface area contributed by atoms with E-state index in [1.165, 1.54) is 0 Å². The van der Waals surface area contributed by atoms with Crippen molar-refractivity contribution in [3.8, 4) is 5.75 Å². The normalized spacial score (nSPS) is 14.7. The molecular weight excluding hydrogens is 192 g/mol. The molecule has 1 rings (SSSR count). The Labute approximate surface area is 90.6 Å². The Kier molecular flexibility index (Phi) is 4.59. The maximum atomic E-state index is 9.81. The van der Waals surface area contributed by atoms with Crippen LogP contribution in [0.15, 0.2) is 24.3 Å². The number of para-hydroxylation sites is 1. The van der Waals surface area contributed by atoms with Gasteiger partial charge >= 0.3 is 0 Å². The lowest BCUT2D eigenvalue weighted by atomic mass is 10.0. The fourth-order valence-electron chi connectivity index (χ4n) is 1.42. The van der Waals surface area contributed by atoms with Gasteiger partial charge < -0.3 is 14.6 Å². The zero-order valence-corrected chi connectivity index (χ0v) is 9.43. The van der Waals surface area contributed by atoms with Gasteiger partial charge in [0, 0.05) is 13.5 Å². The van der Waals surface area contributed by atoms with E-state index < -0.39 is 6.10 Å². The zero-order valence-electron chi connectivity index (χ0n) is 9.43. The average molecular weight is 210 g/mol. The SMILES string of the molecule is COc1ccccc1CC(O)C(C)OC. The van der Waals surface area contributed by atoms with Crippen LogP contribution in [0.1, 0.15) is 12.5 Å². The summed E-state index contributed by atoms with van der Waals surface area (Å²) in [6.45, 7) is 1.85. The maximum Gasteiger partial charge on any atom is 0.122 e. The van der Waals surface area contributed by atoms with Gasteiger partial charge in [0.2, 0.25) is 0 Å². The summed E-state index contributed by atoms with van der Waals surface area (Å²) in [5.74, 6) is 0.805. The van der Waals surface area contributed by atoms with E-state index in [-0.39, 0.29) is 6.10 Å². The average Bonchev–Trinajstić information content (AvgIpc) is 2.28. The van der Waals surface area contributed by atoms with Crippen LogP contribution in [0.5, 0.6) is 5.75 Å². The molecule has 0 heterocycles. The Morgan fingerprint density at radius 2 is 1.93 bits per heavy atom. The van der Waals surface area contributed by atoms with Crippen molar-refractivity contribution in [2.75, 3.05) is 14.2 Å². The summed E-state index contributed by atoms with van der Waals surface area (Å²) in [5, 5.41) is 9.81. The Morgan fingerprint density at radius 3 is 2.53 bits per heavy atom. The van der Waals surface area contributed by atoms with Gasteiger partial charge in [-0.3, -0.25) is 0 Å². The van der Waals surface area contributed by atoms with E-state index in [1.54, 1.807) is 14.2 Å². The third-order valence-electron chi connectivity index (χ3n) is 2.54. The molecule has 2 unspecified atom stereocenters. The van der Waals surface area contributed by atoms with Crippen molar-refractivity contribution in [3.63, 3.8) is 0 Å². The summed E-state index contributed by atoms with van der Waals surface area (Å²) in [6, 6.07) is 7.68. The van der Waals surface area contributed by atoms with Crippen LogP contribution in [-0.4, -0.2) is 31.5 Å². The standard InChI is InChI=1S/C12H18O3/c1-9(14-2)11(13)8-10-6-4-5-7-12(10)15-3/h4-7,9,11,13H,8H2,1-3H3. The summed E-state index contributed by atoms with van der Waals surface area (Å²) < 4.78 is 10.3. The first-order valence-corrected chi connectivity index (χ1v) is 5.01. The molecule has 0 radical (unpaired) electrons. The van der Waals surface area contributed by atoms with Crippen molar-refractivity contribution < 1.29 is 14.6 Å². The lowest BCUT2D eigenvalue weighted by molar-refractivity contribution is 0.000179. The number of benzene rings is 1. The van der Waals surface area contributed by atoms with Gasteiger partial charge in [0.05, 0.1) is 19.3 Å². The Hall–Kier alpha value is -1.06. The molecule has 1 aromatic rings. The van der Waals surface area contributed by atoms with Crippen LogP contribution in [0.2, 0.25) is 0 Å². The minimum atomic E-state index is -0.508. The molecule has 0 aliphatic rings. The van der Waals surface area contributed by atoms with Crippen LogP contribution >= 0.6 is 0 Å². The van der Waals surface area contributed by atoms with Crippen LogP contribution in [0.4, 0.5) is 0 Å². The summed E-state index contributed by atoms with van der Waals surface area (Å²) in [4.78, 5) is 0. The van der Waals surface area contributed by atoms with Gasteiger partial charge in [-0.1, -0.05) is 18.2 Å². The first-order chi connectivity index (χ1) is 7.19. The molecule has 84 valence electrons. The van der Waals surface area contributed by atoms with Crippen LogP contribution in [0, 0.1) is 0 Å². The Bertz CT molecular complexity index is 299. The van der Waals surface area contributed by atoms with Crippen LogP contribution in [-0.2, 0) is 11.2 Å². The van der Waals surface area contributed by atoms with Crippen molar-refractivity contribution in [3.05, 3.63) is 29.8 Å². The molecule has 3 nitrogen and oxygen atoms in total. The summed E-state index contributed by atoms with van der Waals surface area (Å²) >= 11 is 0. The molecule has 0 aliphatic heterocycles. The molecule has 0 saturated heterocycles. The van der Waals surface area contributed by atoms with Gasteiger partial charge in [-0.2, -0.15) is 0 Å². The number of rotatable bonds is 5. The molecule has 0 bridgehead atoms. The van der Waals surface area contributed by atoms with Crippen LogP contribution in [0.25, 0.3) is 0 Å². The molecule has 15 heavy (non-hydrogen) atoms. The fraction of sp³-hybridized carbons (Fsp3) is 0.500. The van der Waals surface area contributed by atoms with Gasteiger partial charge in [0.25, 0.3) is 0 Å². The highest BCUT2D eigenvalue weighted by molar-refractivity contribution is 5.33. The summed E-state index contributed by atoms with van der Waals surface area (Å²) in [5.41, 5.74) is 0.997. The number of hydrogen-bond acceptors (Lipinski definition) is 3. The van der Waals surface area contributed by atoms with E-state index in [2.05, 4.69) is 0 Å². The molecule has 2 atom stereocenters. The second kappa shape index (κ2) is 5.73. The smallest absolute Gasteiger partial charge is 0.122 e. The molecule has 1 N–H and O–H groups in total. The predicted octanol–water partition coefficient (Wildman–Crippen LogP) is 1.63. The summed E-state index contributed by atoms with van der Waals surface area (Å²) in [7, 11) is 3.22. The van der Waals surface area contributed by atoms with E-state index in [4.69, 9.17) is 9.47 Å². The molecule has 0 fully saturated rings. The number of aliphatic hydroxyl groups is 1. The minimum absolute atomic E-state index is 0.171. The molecule has 0 saturated carbocycles. The number of ether oxygens (including phenoxy) is 2. The minimum Gasteiger partial charge on any atom is -0.496 e. The molecule has 0 amide bonds. The fourth-order valence-corrected chi connectivity index (χ4v) is 1.42. The summed E-state index contributed by atoms with van der Waals surface area (Å²) in [6.07, 6.45) is -0.139. The quantitative estimate of drug-likeness (QED) is 0.802. The lowest BCUT2D eigenvalue weighted by Crippen LogP contribution is -2.27. The van der Waals surface area contributed by atoms with Gasteiger partial charge in [0.15, 0.2) is 0 Å². The van der Waals surface area contributed by atoms with Gasteiger partial charge in [-0.15, -0.1) is 0 Å². The number of hydrogen-bond donors (Lipinski definition) is 1. The topological polar surface area (TPSA) is 38.7 Å². The predicted molar refractivity (Wildman–Crippen MR) is 59.2 cm³/mol. The van der Waals surface area contributed by atoms with Crippen molar-refractivity contribution in [1.82, 2.24) is 0 Å². The molecule has 0 spiro atoms. The van der Waals surface area contributed by atoms with Gasteiger partial charge in [0.1, 0.15) is 5.75 Å². The van der Waals surface area contributed by atoms with Gasteiger partial charge in [-0.25, -0.2) is 0 Å². The van der Waals surface area contributed by atoms with Gasteiger partial charge in [-0.05, 0) is 18.6 Å². The monoisotopic (exact) mass is 210 g/mol. The Balaban J connectivity index is 2.71. The number of methoxy groups -OCH3 is 2. The van der Waals surface area contributed by atoms with Crippen molar-refractivity contribution >= 4 is 0 Å². The number of aliphatic hydroxyl groups excluding tert-OH is 1.